The van der Waals surface area contributed by atoms with Gasteiger partial charge in [-0.3, -0.25) is 4.57 Å². The minimum Gasteiger partial charge on any atom is -0.478 e. The van der Waals surface area contributed by atoms with E-state index in [0.717, 1.165) is 18.4 Å². The van der Waals surface area contributed by atoms with Gasteiger partial charge in [-0.15, -0.1) is 0 Å². The SMILES string of the molecule is CC(C)OCCCCn1c(=O)[nH]c2cc(C(=O)O)ccc21. The van der Waals surface area contributed by atoms with Crippen LogP contribution in [-0.4, -0.2) is 33.3 Å². The number of nitrogens with zero attached hydrogens (tertiary/aromatic N) is 1. The molecular formula is C15H20N2O4. The highest BCUT2D eigenvalue weighted by Crippen LogP contribution is 2.13. The summed E-state index contributed by atoms with van der Waals surface area (Å²) in [6.45, 7) is 5.25. The number of rotatable bonds is 7. The normalized spacial score (nSPS) is 11.4. The molecule has 0 amide bonds. The maximum Gasteiger partial charge on any atom is 0.335 e. The summed E-state index contributed by atoms with van der Waals surface area (Å²) in [6, 6.07) is 4.66. The van der Waals surface area contributed by atoms with Gasteiger partial charge in [0.2, 0.25) is 0 Å². The molecule has 1 aromatic heterocycles. The lowest BCUT2D eigenvalue weighted by molar-refractivity contribution is 0.0696. The van der Waals surface area contributed by atoms with E-state index in [4.69, 9.17) is 9.84 Å². The van der Waals surface area contributed by atoms with Gasteiger partial charge < -0.3 is 14.8 Å². The van der Waals surface area contributed by atoms with Crippen LogP contribution in [0.3, 0.4) is 0 Å². The van der Waals surface area contributed by atoms with Gasteiger partial charge in [0.15, 0.2) is 0 Å². The fourth-order valence-electron chi connectivity index (χ4n) is 2.21. The van der Waals surface area contributed by atoms with E-state index in [0.29, 0.717) is 18.7 Å². The summed E-state index contributed by atoms with van der Waals surface area (Å²) < 4.78 is 7.10. The first-order chi connectivity index (χ1) is 9.99. The molecule has 0 fully saturated rings. The van der Waals surface area contributed by atoms with E-state index in [1.807, 2.05) is 13.8 Å². The Morgan fingerprint density at radius 1 is 1.38 bits per heavy atom. The second-order valence-electron chi connectivity index (χ2n) is 5.25. The highest BCUT2D eigenvalue weighted by Gasteiger charge is 2.09. The number of carboxylic acid groups (broad SMARTS) is 1. The maximum atomic E-state index is 11.9. The lowest BCUT2D eigenvalue weighted by atomic mass is 10.2. The van der Waals surface area contributed by atoms with E-state index < -0.39 is 5.97 Å². The zero-order valence-electron chi connectivity index (χ0n) is 12.3. The van der Waals surface area contributed by atoms with Crippen molar-refractivity contribution in [2.45, 2.75) is 39.3 Å². The van der Waals surface area contributed by atoms with Crippen LogP contribution in [0.15, 0.2) is 23.0 Å². The van der Waals surface area contributed by atoms with Gasteiger partial charge in [0, 0.05) is 13.2 Å². The van der Waals surface area contributed by atoms with Crippen molar-refractivity contribution in [1.29, 1.82) is 0 Å². The number of aromatic amines is 1. The van der Waals surface area contributed by atoms with Crippen LogP contribution in [0.25, 0.3) is 11.0 Å². The number of unbranched alkanes of at least 4 members (excludes halogenated alkanes) is 1. The second-order valence-corrected chi connectivity index (χ2v) is 5.25. The molecule has 1 heterocycles. The minimum absolute atomic E-state index is 0.168. The number of aromatic nitrogens is 2. The summed E-state index contributed by atoms with van der Waals surface area (Å²) in [5.41, 5.74) is 1.24. The Hall–Kier alpha value is -2.08. The molecule has 2 aromatic rings. The number of carbonyl (C=O) groups is 1. The number of aryl methyl sites for hydroxylation is 1. The average molecular weight is 292 g/mol. The van der Waals surface area contributed by atoms with Crippen LogP contribution in [-0.2, 0) is 11.3 Å². The second kappa shape index (κ2) is 6.58. The van der Waals surface area contributed by atoms with E-state index in [1.165, 1.54) is 12.1 Å². The first-order valence-electron chi connectivity index (χ1n) is 7.06. The summed E-state index contributed by atoms with van der Waals surface area (Å²) in [6.07, 6.45) is 1.93. The van der Waals surface area contributed by atoms with Gasteiger partial charge in [0.25, 0.3) is 0 Å². The van der Waals surface area contributed by atoms with Crippen molar-refractivity contribution in [2.24, 2.45) is 0 Å². The van der Waals surface area contributed by atoms with Crippen LogP contribution >= 0.6 is 0 Å². The molecule has 0 atom stereocenters. The molecule has 2 N–H and O–H groups in total. The van der Waals surface area contributed by atoms with Crippen LogP contribution in [0.1, 0.15) is 37.0 Å². The number of aromatic carboxylic acids is 1. The van der Waals surface area contributed by atoms with E-state index >= 15 is 0 Å². The van der Waals surface area contributed by atoms with Crippen molar-refractivity contribution in [1.82, 2.24) is 9.55 Å². The third-order valence-electron chi connectivity index (χ3n) is 3.25. The highest BCUT2D eigenvalue weighted by atomic mass is 16.5. The summed E-state index contributed by atoms with van der Waals surface area (Å²) in [5, 5.41) is 8.95. The minimum atomic E-state index is -1.00. The van der Waals surface area contributed by atoms with Gasteiger partial charge in [-0.05, 0) is 44.9 Å². The topological polar surface area (TPSA) is 84.3 Å². The fraction of sp³-hybridized carbons (Fsp3) is 0.467. The van der Waals surface area contributed by atoms with Crippen LogP contribution in [0.4, 0.5) is 0 Å². The zero-order chi connectivity index (χ0) is 15.4. The Kier molecular flexibility index (Phi) is 4.80. The van der Waals surface area contributed by atoms with Gasteiger partial charge in [0.05, 0.1) is 22.7 Å². The molecule has 114 valence electrons. The third-order valence-corrected chi connectivity index (χ3v) is 3.25. The largest absolute Gasteiger partial charge is 0.478 e. The average Bonchev–Trinajstić information content (AvgIpc) is 2.73. The van der Waals surface area contributed by atoms with Crippen molar-refractivity contribution in [3.05, 3.63) is 34.2 Å². The molecule has 0 saturated carbocycles. The number of hydrogen-bond donors (Lipinski definition) is 2. The molecule has 21 heavy (non-hydrogen) atoms. The molecule has 0 aliphatic heterocycles. The molecule has 0 unspecified atom stereocenters. The molecule has 0 bridgehead atoms. The number of fused-ring (bicyclic) bond motifs is 1. The molecule has 6 nitrogen and oxygen atoms in total. The Bertz CT molecular complexity index is 685. The number of ether oxygens (including phenoxy) is 1. The molecule has 1 aromatic carbocycles. The smallest absolute Gasteiger partial charge is 0.335 e. The van der Waals surface area contributed by atoms with Gasteiger partial charge in [0.1, 0.15) is 0 Å². The van der Waals surface area contributed by atoms with Crippen LogP contribution in [0.2, 0.25) is 0 Å². The first kappa shape index (κ1) is 15.3. The number of benzene rings is 1. The Morgan fingerprint density at radius 3 is 2.81 bits per heavy atom. The zero-order valence-corrected chi connectivity index (χ0v) is 12.3. The quantitative estimate of drug-likeness (QED) is 0.766. The molecule has 6 heteroatoms. The van der Waals surface area contributed by atoms with E-state index in [-0.39, 0.29) is 17.4 Å². The van der Waals surface area contributed by atoms with Crippen molar-refractivity contribution in [3.8, 4) is 0 Å². The highest BCUT2D eigenvalue weighted by molar-refractivity contribution is 5.92. The van der Waals surface area contributed by atoms with Crippen molar-refractivity contribution < 1.29 is 14.6 Å². The maximum absolute atomic E-state index is 11.9. The molecule has 2 rings (SSSR count). The summed E-state index contributed by atoms with van der Waals surface area (Å²) in [5.74, 6) is -1.00. The van der Waals surface area contributed by atoms with E-state index in [1.54, 1.807) is 10.6 Å². The van der Waals surface area contributed by atoms with Gasteiger partial charge in [-0.2, -0.15) is 0 Å². The van der Waals surface area contributed by atoms with Crippen LogP contribution < -0.4 is 5.69 Å². The number of carboxylic acids is 1. The molecule has 0 spiro atoms. The molecule has 0 radical (unpaired) electrons. The number of hydrogen-bond acceptors (Lipinski definition) is 3. The van der Waals surface area contributed by atoms with Gasteiger partial charge in [-0.25, -0.2) is 9.59 Å². The third kappa shape index (κ3) is 3.72. The number of nitrogens with one attached hydrogen (secondary N) is 1. The van der Waals surface area contributed by atoms with Crippen molar-refractivity contribution in [2.75, 3.05) is 6.61 Å². The Balaban J connectivity index is 2.08. The molecule has 0 saturated heterocycles. The molecule has 0 aliphatic rings. The Morgan fingerprint density at radius 2 is 2.14 bits per heavy atom. The van der Waals surface area contributed by atoms with Gasteiger partial charge in [-0.1, -0.05) is 0 Å². The van der Waals surface area contributed by atoms with Gasteiger partial charge >= 0.3 is 11.7 Å². The lowest BCUT2D eigenvalue weighted by Gasteiger charge is -2.07. The Labute approximate surface area is 122 Å². The van der Waals surface area contributed by atoms with E-state index in [2.05, 4.69) is 4.98 Å². The van der Waals surface area contributed by atoms with Crippen molar-refractivity contribution >= 4 is 17.0 Å². The van der Waals surface area contributed by atoms with Crippen LogP contribution in [0, 0.1) is 0 Å². The monoisotopic (exact) mass is 292 g/mol. The van der Waals surface area contributed by atoms with Crippen LogP contribution in [0.5, 0.6) is 0 Å². The first-order valence-corrected chi connectivity index (χ1v) is 7.06. The summed E-state index contributed by atoms with van der Waals surface area (Å²) in [7, 11) is 0. The summed E-state index contributed by atoms with van der Waals surface area (Å²) >= 11 is 0. The van der Waals surface area contributed by atoms with E-state index in [9.17, 15) is 9.59 Å². The van der Waals surface area contributed by atoms with Crippen molar-refractivity contribution in [3.63, 3.8) is 0 Å². The summed E-state index contributed by atoms with van der Waals surface area (Å²) in [4.78, 5) is 25.5. The number of H-pyrrole nitrogens is 1. The molecular weight excluding hydrogens is 272 g/mol. The standard InChI is InChI=1S/C15H20N2O4/c1-10(2)21-8-4-3-7-17-13-6-5-11(14(18)19)9-12(13)16-15(17)20/h5-6,9-10H,3-4,7-8H2,1-2H3,(H,16,20)(H,18,19). The predicted molar refractivity (Wildman–Crippen MR) is 79.8 cm³/mol. The lowest BCUT2D eigenvalue weighted by Crippen LogP contribution is -2.17. The predicted octanol–water partition coefficient (Wildman–Crippen LogP) is 2.23. The fourth-order valence-corrected chi connectivity index (χ4v) is 2.21. The molecule has 0 aliphatic carbocycles. The number of imidazole rings is 1.